The van der Waals surface area contributed by atoms with E-state index in [1.165, 1.54) is 0 Å². The minimum atomic E-state index is -0.673. The normalized spacial score (nSPS) is 22.5. The number of hydrogen-bond acceptors (Lipinski definition) is 4. The zero-order valence-electron chi connectivity index (χ0n) is 12.0. The fraction of sp³-hybridized carbons (Fsp3) is 0.600. The first kappa shape index (κ1) is 13.4. The zero-order valence-corrected chi connectivity index (χ0v) is 12.0. The van der Waals surface area contributed by atoms with E-state index in [9.17, 15) is 4.79 Å². The molecule has 2 N–H and O–H groups in total. The molecule has 1 aliphatic heterocycles. The number of rotatable bonds is 3. The lowest BCUT2D eigenvalue weighted by Crippen LogP contribution is -2.59. The van der Waals surface area contributed by atoms with Gasteiger partial charge in [0.1, 0.15) is 5.82 Å². The van der Waals surface area contributed by atoms with Crippen LogP contribution in [0.4, 0.5) is 5.82 Å². The van der Waals surface area contributed by atoms with Crippen LogP contribution >= 0.6 is 0 Å². The molecular formula is C15H22N4O. The number of nitrogens with two attached hydrogens (primary N) is 1. The van der Waals surface area contributed by atoms with E-state index in [1.54, 1.807) is 6.20 Å². The number of aromatic nitrogens is 1. The smallest absolute Gasteiger partial charge is 0.242 e. The summed E-state index contributed by atoms with van der Waals surface area (Å²) in [7, 11) is 0. The lowest BCUT2D eigenvalue weighted by Gasteiger charge is -2.39. The molecule has 2 aliphatic rings. The van der Waals surface area contributed by atoms with E-state index in [2.05, 4.69) is 9.88 Å². The van der Waals surface area contributed by atoms with Crippen molar-refractivity contribution in [2.45, 2.75) is 25.3 Å². The predicted molar refractivity (Wildman–Crippen MR) is 78.3 cm³/mol. The first-order chi connectivity index (χ1) is 9.59. The largest absolute Gasteiger partial charge is 0.353 e. The molecule has 2 heterocycles. The van der Waals surface area contributed by atoms with Gasteiger partial charge in [-0.3, -0.25) is 4.79 Å². The molecule has 0 aromatic carbocycles. The number of hydrogen-bond donors (Lipinski definition) is 1. The first-order valence-electron chi connectivity index (χ1n) is 7.33. The molecule has 1 aromatic heterocycles. The first-order valence-corrected chi connectivity index (χ1v) is 7.33. The van der Waals surface area contributed by atoms with E-state index < -0.39 is 5.54 Å². The monoisotopic (exact) mass is 274 g/mol. The summed E-state index contributed by atoms with van der Waals surface area (Å²) in [5.41, 5.74) is 5.55. The molecule has 108 valence electrons. The SMILES string of the molecule is CC(N)(C(=O)N1CCN(c2ccccn2)CC1)C1CC1. The predicted octanol–water partition coefficient (Wildman–Crippen LogP) is 0.858. The Morgan fingerprint density at radius 2 is 2.00 bits per heavy atom. The minimum Gasteiger partial charge on any atom is -0.353 e. The Hall–Kier alpha value is -1.62. The van der Waals surface area contributed by atoms with Crippen LogP contribution in [0.1, 0.15) is 19.8 Å². The maximum Gasteiger partial charge on any atom is 0.242 e. The van der Waals surface area contributed by atoms with Crippen molar-refractivity contribution in [3.05, 3.63) is 24.4 Å². The molecule has 5 heteroatoms. The molecule has 1 aliphatic carbocycles. The third-order valence-electron chi connectivity index (χ3n) is 4.43. The number of piperazine rings is 1. The molecule has 0 radical (unpaired) electrons. The van der Waals surface area contributed by atoms with Gasteiger partial charge in [0.2, 0.25) is 5.91 Å². The summed E-state index contributed by atoms with van der Waals surface area (Å²) in [4.78, 5) is 21.0. The van der Waals surface area contributed by atoms with Gasteiger partial charge in [0.05, 0.1) is 5.54 Å². The van der Waals surface area contributed by atoms with E-state index in [-0.39, 0.29) is 5.91 Å². The van der Waals surface area contributed by atoms with Crippen molar-refractivity contribution < 1.29 is 4.79 Å². The van der Waals surface area contributed by atoms with Crippen LogP contribution in [-0.2, 0) is 4.79 Å². The lowest BCUT2D eigenvalue weighted by atomic mass is 9.95. The maximum absolute atomic E-state index is 12.5. The molecule has 0 spiro atoms. The van der Waals surface area contributed by atoms with Crippen molar-refractivity contribution in [1.29, 1.82) is 0 Å². The van der Waals surface area contributed by atoms with E-state index in [0.717, 1.165) is 44.8 Å². The van der Waals surface area contributed by atoms with Gasteiger partial charge in [0.15, 0.2) is 0 Å². The van der Waals surface area contributed by atoms with Crippen LogP contribution in [0.5, 0.6) is 0 Å². The number of nitrogens with zero attached hydrogens (tertiary/aromatic N) is 3. The third-order valence-corrected chi connectivity index (χ3v) is 4.43. The number of pyridine rings is 1. The Morgan fingerprint density at radius 1 is 1.30 bits per heavy atom. The molecule has 3 rings (SSSR count). The fourth-order valence-electron chi connectivity index (χ4n) is 2.88. The highest BCUT2D eigenvalue weighted by Gasteiger charge is 2.46. The van der Waals surface area contributed by atoms with Crippen LogP contribution < -0.4 is 10.6 Å². The van der Waals surface area contributed by atoms with Crippen LogP contribution in [0, 0.1) is 5.92 Å². The lowest BCUT2D eigenvalue weighted by molar-refractivity contribution is -0.137. The highest BCUT2D eigenvalue weighted by molar-refractivity contribution is 5.86. The standard InChI is InChI=1S/C15H22N4O/c1-15(16,12-5-6-12)14(20)19-10-8-18(9-11-19)13-4-2-3-7-17-13/h2-4,7,12H,5-6,8-11,16H2,1H3. The van der Waals surface area contributed by atoms with Crippen molar-refractivity contribution in [1.82, 2.24) is 9.88 Å². The number of carbonyl (C=O) groups is 1. The van der Waals surface area contributed by atoms with Crippen LogP contribution in [0.25, 0.3) is 0 Å². The highest BCUT2D eigenvalue weighted by Crippen LogP contribution is 2.39. The molecule has 1 unspecified atom stereocenters. The average molecular weight is 274 g/mol. The fourth-order valence-corrected chi connectivity index (χ4v) is 2.88. The van der Waals surface area contributed by atoms with E-state index in [4.69, 9.17) is 5.73 Å². The number of carbonyl (C=O) groups excluding carboxylic acids is 1. The topological polar surface area (TPSA) is 62.5 Å². The second kappa shape index (κ2) is 5.05. The van der Waals surface area contributed by atoms with Gasteiger partial charge in [-0.15, -0.1) is 0 Å². The second-order valence-corrected chi connectivity index (χ2v) is 6.02. The van der Waals surface area contributed by atoms with E-state index >= 15 is 0 Å². The van der Waals surface area contributed by atoms with Gasteiger partial charge >= 0.3 is 0 Å². The van der Waals surface area contributed by atoms with Crippen molar-refractivity contribution >= 4 is 11.7 Å². The molecular weight excluding hydrogens is 252 g/mol. The van der Waals surface area contributed by atoms with Crippen molar-refractivity contribution in [2.75, 3.05) is 31.1 Å². The Morgan fingerprint density at radius 3 is 2.55 bits per heavy atom. The van der Waals surface area contributed by atoms with Crippen LogP contribution in [0.15, 0.2) is 24.4 Å². The highest BCUT2D eigenvalue weighted by atomic mass is 16.2. The van der Waals surface area contributed by atoms with Gasteiger partial charge in [0.25, 0.3) is 0 Å². The van der Waals surface area contributed by atoms with Crippen LogP contribution in [0.2, 0.25) is 0 Å². The Bertz CT molecular complexity index is 476. The maximum atomic E-state index is 12.5. The number of anilines is 1. The summed E-state index contributed by atoms with van der Waals surface area (Å²) in [5.74, 6) is 1.47. The van der Waals surface area contributed by atoms with Crippen molar-refractivity contribution in [3.8, 4) is 0 Å². The quantitative estimate of drug-likeness (QED) is 0.888. The molecule has 5 nitrogen and oxygen atoms in total. The Labute approximate surface area is 119 Å². The number of amides is 1. The van der Waals surface area contributed by atoms with Gasteiger partial charge in [-0.05, 0) is 37.8 Å². The summed E-state index contributed by atoms with van der Waals surface area (Å²) in [6, 6.07) is 5.91. The van der Waals surface area contributed by atoms with Crippen LogP contribution in [-0.4, -0.2) is 47.5 Å². The minimum absolute atomic E-state index is 0.112. The third kappa shape index (κ3) is 2.50. The second-order valence-electron chi connectivity index (χ2n) is 6.02. The van der Waals surface area contributed by atoms with Gasteiger partial charge in [0, 0.05) is 32.4 Å². The summed E-state index contributed by atoms with van der Waals surface area (Å²) >= 11 is 0. The van der Waals surface area contributed by atoms with Gasteiger partial charge in [-0.2, -0.15) is 0 Å². The van der Waals surface area contributed by atoms with Crippen molar-refractivity contribution in [3.63, 3.8) is 0 Å². The van der Waals surface area contributed by atoms with E-state index in [1.807, 2.05) is 30.0 Å². The molecule has 20 heavy (non-hydrogen) atoms. The van der Waals surface area contributed by atoms with Gasteiger partial charge in [-0.25, -0.2) is 4.98 Å². The van der Waals surface area contributed by atoms with Gasteiger partial charge < -0.3 is 15.5 Å². The van der Waals surface area contributed by atoms with Crippen molar-refractivity contribution in [2.24, 2.45) is 11.7 Å². The van der Waals surface area contributed by atoms with E-state index in [0.29, 0.717) is 5.92 Å². The molecule has 1 atom stereocenters. The molecule has 1 amide bonds. The molecule has 1 saturated heterocycles. The van der Waals surface area contributed by atoms with Gasteiger partial charge in [-0.1, -0.05) is 6.07 Å². The summed E-state index contributed by atoms with van der Waals surface area (Å²) < 4.78 is 0. The summed E-state index contributed by atoms with van der Waals surface area (Å²) in [6.45, 7) is 5.00. The molecule has 1 saturated carbocycles. The molecule has 0 bridgehead atoms. The van der Waals surface area contributed by atoms with Crippen LogP contribution in [0.3, 0.4) is 0 Å². The molecule has 2 fully saturated rings. The Balaban J connectivity index is 1.60. The Kier molecular flexibility index (Phi) is 3.38. The zero-order chi connectivity index (χ0) is 14.2. The average Bonchev–Trinajstić information content (AvgIpc) is 3.33. The summed E-state index contributed by atoms with van der Waals surface area (Å²) in [6.07, 6.45) is 3.98. The molecule has 1 aromatic rings. The summed E-state index contributed by atoms with van der Waals surface area (Å²) in [5, 5.41) is 0.